The molecule has 3 heteroatoms. The average Bonchev–Trinajstić information content (AvgIpc) is 2.40. The number of piperidine rings is 1. The average molecular weight is 230 g/mol. The van der Waals surface area contributed by atoms with Crippen LogP contribution in [0.15, 0.2) is 24.3 Å². The molecule has 1 saturated heterocycles. The van der Waals surface area contributed by atoms with Gasteiger partial charge >= 0.3 is 0 Å². The van der Waals surface area contributed by atoms with Crippen molar-refractivity contribution >= 4 is 0 Å². The van der Waals surface area contributed by atoms with E-state index in [1.807, 2.05) is 18.2 Å². The van der Waals surface area contributed by atoms with Crippen molar-refractivity contribution in [1.82, 2.24) is 5.32 Å². The van der Waals surface area contributed by atoms with Crippen LogP contribution in [0, 0.1) is 17.2 Å². The van der Waals surface area contributed by atoms with Crippen LogP contribution in [-0.4, -0.2) is 19.7 Å². The van der Waals surface area contributed by atoms with Gasteiger partial charge in [0.05, 0.1) is 12.2 Å². The zero-order valence-corrected chi connectivity index (χ0v) is 9.98. The Labute approximate surface area is 102 Å². The second-order valence-corrected chi connectivity index (χ2v) is 4.44. The molecule has 1 heterocycles. The summed E-state index contributed by atoms with van der Waals surface area (Å²) in [6.45, 7) is 2.96. The minimum absolute atomic E-state index is 0.623. The van der Waals surface area contributed by atoms with Gasteiger partial charge in [0.15, 0.2) is 0 Å². The lowest BCUT2D eigenvalue weighted by atomic mass is 9.95. The first-order chi connectivity index (χ1) is 8.40. The van der Waals surface area contributed by atoms with Crippen LogP contribution in [-0.2, 0) is 0 Å². The topological polar surface area (TPSA) is 45.0 Å². The van der Waals surface area contributed by atoms with Crippen molar-refractivity contribution in [1.29, 1.82) is 5.26 Å². The normalized spacial score (nSPS) is 16.4. The summed E-state index contributed by atoms with van der Waals surface area (Å²) in [5.41, 5.74) is 0.623. The highest BCUT2D eigenvalue weighted by Crippen LogP contribution is 2.19. The molecule has 1 aromatic rings. The number of nitriles is 1. The second-order valence-electron chi connectivity index (χ2n) is 4.44. The molecule has 0 amide bonds. The Balaban J connectivity index is 1.79. The Bertz CT molecular complexity index is 391. The summed E-state index contributed by atoms with van der Waals surface area (Å²) in [7, 11) is 0. The van der Waals surface area contributed by atoms with Crippen molar-refractivity contribution in [3.8, 4) is 11.8 Å². The summed E-state index contributed by atoms with van der Waals surface area (Å²) >= 11 is 0. The van der Waals surface area contributed by atoms with Gasteiger partial charge in [0.25, 0.3) is 0 Å². The van der Waals surface area contributed by atoms with E-state index in [0.29, 0.717) is 17.9 Å². The third kappa shape index (κ3) is 3.47. The van der Waals surface area contributed by atoms with E-state index in [2.05, 4.69) is 11.4 Å². The molecule has 1 aliphatic heterocycles. The fourth-order valence-electron chi connectivity index (χ4n) is 2.19. The van der Waals surface area contributed by atoms with E-state index >= 15 is 0 Å². The third-order valence-corrected chi connectivity index (χ3v) is 3.25. The van der Waals surface area contributed by atoms with Crippen molar-refractivity contribution in [2.24, 2.45) is 5.92 Å². The van der Waals surface area contributed by atoms with Crippen molar-refractivity contribution < 1.29 is 4.74 Å². The van der Waals surface area contributed by atoms with Gasteiger partial charge < -0.3 is 10.1 Å². The van der Waals surface area contributed by atoms with Crippen molar-refractivity contribution in [2.45, 2.75) is 19.3 Å². The van der Waals surface area contributed by atoms with E-state index in [-0.39, 0.29) is 0 Å². The van der Waals surface area contributed by atoms with Gasteiger partial charge in [-0.2, -0.15) is 5.26 Å². The molecule has 0 bridgehead atoms. The smallest absolute Gasteiger partial charge is 0.137 e. The maximum absolute atomic E-state index is 8.93. The number of hydrogen-bond donors (Lipinski definition) is 1. The number of benzene rings is 1. The first kappa shape index (κ1) is 11.9. The fraction of sp³-hybridized carbons (Fsp3) is 0.500. The first-order valence-electron chi connectivity index (χ1n) is 6.23. The maximum Gasteiger partial charge on any atom is 0.137 e. The van der Waals surface area contributed by atoms with Gasteiger partial charge in [0, 0.05) is 0 Å². The summed E-state index contributed by atoms with van der Waals surface area (Å²) in [5.74, 6) is 1.48. The van der Waals surface area contributed by atoms with Crippen LogP contribution in [0.1, 0.15) is 24.8 Å². The van der Waals surface area contributed by atoms with Gasteiger partial charge in [0.2, 0.25) is 0 Å². The van der Waals surface area contributed by atoms with Crippen molar-refractivity contribution in [3.63, 3.8) is 0 Å². The van der Waals surface area contributed by atoms with E-state index in [0.717, 1.165) is 25.4 Å². The minimum atomic E-state index is 0.623. The van der Waals surface area contributed by atoms with Gasteiger partial charge in [-0.25, -0.2) is 0 Å². The lowest BCUT2D eigenvalue weighted by molar-refractivity contribution is 0.251. The van der Waals surface area contributed by atoms with Crippen LogP contribution in [0.3, 0.4) is 0 Å². The summed E-state index contributed by atoms with van der Waals surface area (Å²) in [6.07, 6.45) is 3.56. The van der Waals surface area contributed by atoms with Crippen LogP contribution >= 0.6 is 0 Å². The number of nitrogens with one attached hydrogen (secondary N) is 1. The van der Waals surface area contributed by atoms with Gasteiger partial charge in [-0.1, -0.05) is 12.1 Å². The molecule has 1 aliphatic rings. The number of ether oxygens (including phenoxy) is 1. The standard InChI is InChI=1S/C14H18N2O/c15-11-13-3-1-2-4-14(13)17-10-7-12-5-8-16-9-6-12/h1-4,12,16H,5-10H2. The lowest BCUT2D eigenvalue weighted by Gasteiger charge is -2.22. The zero-order chi connectivity index (χ0) is 11.9. The fourth-order valence-corrected chi connectivity index (χ4v) is 2.19. The monoisotopic (exact) mass is 230 g/mol. The molecule has 0 spiro atoms. The van der Waals surface area contributed by atoms with Crippen LogP contribution in [0.5, 0.6) is 5.75 Å². The highest BCUT2D eigenvalue weighted by molar-refractivity contribution is 5.42. The van der Waals surface area contributed by atoms with E-state index in [1.165, 1.54) is 12.8 Å². The Morgan fingerprint density at radius 3 is 2.82 bits per heavy atom. The molecule has 90 valence electrons. The maximum atomic E-state index is 8.93. The highest BCUT2D eigenvalue weighted by Gasteiger charge is 2.13. The summed E-state index contributed by atoms with van der Waals surface area (Å²) in [6, 6.07) is 9.57. The van der Waals surface area contributed by atoms with Gasteiger partial charge in [-0.3, -0.25) is 0 Å². The molecule has 3 nitrogen and oxygen atoms in total. The molecule has 17 heavy (non-hydrogen) atoms. The molecule has 2 rings (SSSR count). The molecule has 1 fully saturated rings. The van der Waals surface area contributed by atoms with Crippen LogP contribution < -0.4 is 10.1 Å². The minimum Gasteiger partial charge on any atom is -0.492 e. The summed E-state index contributed by atoms with van der Waals surface area (Å²) in [5, 5.41) is 12.3. The van der Waals surface area contributed by atoms with E-state index in [4.69, 9.17) is 10.00 Å². The molecule has 1 N–H and O–H groups in total. The van der Waals surface area contributed by atoms with Gasteiger partial charge in [0.1, 0.15) is 11.8 Å². The summed E-state index contributed by atoms with van der Waals surface area (Å²) < 4.78 is 5.69. The second kappa shape index (κ2) is 6.27. The van der Waals surface area contributed by atoms with Crippen LogP contribution in [0.2, 0.25) is 0 Å². The quantitative estimate of drug-likeness (QED) is 0.863. The molecule has 0 radical (unpaired) electrons. The van der Waals surface area contributed by atoms with Crippen molar-refractivity contribution in [2.75, 3.05) is 19.7 Å². The molecular formula is C14H18N2O. The Morgan fingerprint density at radius 1 is 1.29 bits per heavy atom. The molecule has 0 saturated carbocycles. The van der Waals surface area contributed by atoms with Crippen LogP contribution in [0.25, 0.3) is 0 Å². The highest BCUT2D eigenvalue weighted by atomic mass is 16.5. The van der Waals surface area contributed by atoms with E-state index in [9.17, 15) is 0 Å². The SMILES string of the molecule is N#Cc1ccccc1OCCC1CCNCC1. The van der Waals surface area contributed by atoms with E-state index < -0.39 is 0 Å². The Hall–Kier alpha value is -1.53. The third-order valence-electron chi connectivity index (χ3n) is 3.25. The number of para-hydroxylation sites is 1. The van der Waals surface area contributed by atoms with Gasteiger partial charge in [-0.15, -0.1) is 0 Å². The summed E-state index contributed by atoms with van der Waals surface area (Å²) in [4.78, 5) is 0. The Morgan fingerprint density at radius 2 is 2.06 bits per heavy atom. The molecule has 0 atom stereocenters. The first-order valence-corrected chi connectivity index (χ1v) is 6.23. The van der Waals surface area contributed by atoms with Crippen LogP contribution in [0.4, 0.5) is 0 Å². The largest absolute Gasteiger partial charge is 0.492 e. The Kier molecular flexibility index (Phi) is 4.40. The lowest BCUT2D eigenvalue weighted by Crippen LogP contribution is -2.28. The van der Waals surface area contributed by atoms with Gasteiger partial charge in [-0.05, 0) is 50.4 Å². The predicted molar refractivity (Wildman–Crippen MR) is 66.9 cm³/mol. The molecule has 1 aromatic carbocycles. The predicted octanol–water partition coefficient (Wildman–Crippen LogP) is 2.33. The molecule has 0 aliphatic carbocycles. The number of rotatable bonds is 4. The zero-order valence-electron chi connectivity index (χ0n) is 9.98. The van der Waals surface area contributed by atoms with E-state index in [1.54, 1.807) is 6.07 Å². The number of hydrogen-bond acceptors (Lipinski definition) is 3. The molecule has 0 unspecified atom stereocenters. The number of nitrogens with zero attached hydrogens (tertiary/aromatic N) is 1. The molecule has 0 aromatic heterocycles. The van der Waals surface area contributed by atoms with Crippen molar-refractivity contribution in [3.05, 3.63) is 29.8 Å². The molecular weight excluding hydrogens is 212 g/mol.